The summed E-state index contributed by atoms with van der Waals surface area (Å²) in [5.74, 6) is 2.11. The average Bonchev–Trinajstić information content (AvgIpc) is 3.18. The van der Waals surface area contributed by atoms with Crippen molar-refractivity contribution in [3.05, 3.63) is 45.8 Å². The van der Waals surface area contributed by atoms with Crippen LogP contribution in [-0.4, -0.2) is 9.97 Å². The van der Waals surface area contributed by atoms with Gasteiger partial charge in [0.05, 0.1) is 5.02 Å². The first kappa shape index (κ1) is 12.4. The molecule has 2 heterocycles. The number of rotatable bonds is 2. The number of hydrogen-bond acceptors (Lipinski definition) is 3. The summed E-state index contributed by atoms with van der Waals surface area (Å²) in [7, 11) is 0. The molecule has 1 fully saturated rings. The van der Waals surface area contributed by atoms with E-state index in [1.807, 2.05) is 30.3 Å². The molecular weight excluding hydrogens is 340 g/mol. The lowest BCUT2D eigenvalue weighted by atomic mass is 10.2. The Morgan fingerprint density at radius 1 is 1.20 bits per heavy atom. The molecule has 0 unspecified atom stereocenters. The number of benzene rings is 1. The van der Waals surface area contributed by atoms with Crippen LogP contribution < -0.4 is 0 Å². The number of hydrogen-bond donors (Lipinski definition) is 0. The summed E-state index contributed by atoms with van der Waals surface area (Å²) in [6.07, 6.45) is 2.34. The molecule has 0 radical (unpaired) electrons. The number of para-hydroxylation sites is 1. The third-order valence-corrected chi connectivity index (χ3v) is 4.11. The summed E-state index contributed by atoms with van der Waals surface area (Å²) >= 11 is 9.59. The first-order valence-electron chi connectivity index (χ1n) is 6.43. The monoisotopic (exact) mass is 348 g/mol. The Morgan fingerprint density at radius 2 is 2.05 bits per heavy atom. The smallest absolute Gasteiger partial charge is 0.154 e. The summed E-state index contributed by atoms with van der Waals surface area (Å²) in [5, 5.41) is 1.60. The molecule has 0 amide bonds. The molecule has 1 aliphatic carbocycles. The van der Waals surface area contributed by atoms with Crippen molar-refractivity contribution in [2.24, 2.45) is 0 Å². The maximum atomic E-state index is 6.15. The first-order chi connectivity index (χ1) is 9.70. The molecule has 0 N–H and O–H groups in total. The van der Waals surface area contributed by atoms with Crippen LogP contribution in [0.2, 0.25) is 5.02 Å². The Morgan fingerprint density at radius 3 is 2.80 bits per heavy atom. The van der Waals surface area contributed by atoms with E-state index in [1.165, 1.54) is 12.8 Å². The van der Waals surface area contributed by atoms with E-state index in [9.17, 15) is 0 Å². The fraction of sp³-hybridized carbons (Fsp3) is 0.200. The maximum absolute atomic E-state index is 6.15. The van der Waals surface area contributed by atoms with Gasteiger partial charge in [0, 0.05) is 17.4 Å². The van der Waals surface area contributed by atoms with E-state index in [1.54, 1.807) is 0 Å². The van der Waals surface area contributed by atoms with Crippen LogP contribution in [0.5, 0.6) is 0 Å². The van der Waals surface area contributed by atoms with Gasteiger partial charge in [0.1, 0.15) is 16.1 Å². The van der Waals surface area contributed by atoms with Crippen molar-refractivity contribution >= 4 is 38.5 Å². The molecule has 3 nitrogen and oxygen atoms in total. The average molecular weight is 350 g/mol. The van der Waals surface area contributed by atoms with E-state index in [4.69, 9.17) is 16.0 Å². The Labute approximate surface area is 129 Å². The molecule has 1 saturated carbocycles. The lowest BCUT2D eigenvalue weighted by Gasteiger charge is -2.01. The minimum absolute atomic E-state index is 0.499. The summed E-state index contributed by atoms with van der Waals surface area (Å²) in [6.45, 7) is 0. The Kier molecular flexibility index (Phi) is 2.82. The van der Waals surface area contributed by atoms with Crippen LogP contribution in [0.25, 0.3) is 22.4 Å². The molecule has 4 rings (SSSR count). The molecule has 0 saturated heterocycles. The van der Waals surface area contributed by atoms with Gasteiger partial charge >= 0.3 is 0 Å². The topological polar surface area (TPSA) is 38.9 Å². The summed E-state index contributed by atoms with van der Waals surface area (Å²) in [5.41, 5.74) is 1.49. The number of halogens is 2. The van der Waals surface area contributed by atoms with Crippen molar-refractivity contribution in [1.29, 1.82) is 0 Å². The summed E-state index contributed by atoms with van der Waals surface area (Å²) in [4.78, 5) is 9.04. The SMILES string of the molecule is Clc1cccc2cc(-c3cc(Br)nc(C4CC4)n3)oc12. The second-order valence-electron chi connectivity index (χ2n) is 4.98. The zero-order chi connectivity index (χ0) is 13.7. The highest BCUT2D eigenvalue weighted by Gasteiger charge is 2.27. The normalized spacial score (nSPS) is 14.9. The quantitative estimate of drug-likeness (QED) is 0.598. The van der Waals surface area contributed by atoms with Crippen LogP contribution in [0.4, 0.5) is 0 Å². The van der Waals surface area contributed by atoms with Crippen LogP contribution >= 0.6 is 27.5 Å². The highest BCUT2D eigenvalue weighted by molar-refractivity contribution is 9.10. The second-order valence-corrected chi connectivity index (χ2v) is 6.20. The van der Waals surface area contributed by atoms with Crippen LogP contribution in [-0.2, 0) is 0 Å². The molecule has 100 valence electrons. The molecule has 1 aromatic carbocycles. The van der Waals surface area contributed by atoms with Gasteiger partial charge in [0.15, 0.2) is 11.3 Å². The van der Waals surface area contributed by atoms with Crippen molar-refractivity contribution in [1.82, 2.24) is 9.97 Å². The molecule has 3 aromatic rings. The van der Waals surface area contributed by atoms with E-state index >= 15 is 0 Å². The Balaban J connectivity index is 1.87. The van der Waals surface area contributed by atoms with E-state index in [0.717, 1.165) is 27.3 Å². The van der Waals surface area contributed by atoms with Crippen molar-refractivity contribution in [3.8, 4) is 11.5 Å². The van der Waals surface area contributed by atoms with Gasteiger partial charge in [-0.3, -0.25) is 0 Å². The highest BCUT2D eigenvalue weighted by atomic mass is 79.9. The molecule has 1 aliphatic rings. The Bertz CT molecular complexity index is 811. The molecular formula is C15H10BrClN2O. The third-order valence-electron chi connectivity index (χ3n) is 3.40. The van der Waals surface area contributed by atoms with Crippen LogP contribution in [0, 0.1) is 0 Å². The van der Waals surface area contributed by atoms with E-state index in [-0.39, 0.29) is 0 Å². The minimum Gasteiger partial charge on any atom is -0.453 e. The standard InChI is InChI=1S/C15H10BrClN2O/c16-13-7-11(18-15(19-13)8-4-5-8)12-6-9-2-1-3-10(17)14(9)20-12/h1-3,6-8H,4-5H2. The first-order valence-corrected chi connectivity index (χ1v) is 7.61. The van der Waals surface area contributed by atoms with Gasteiger partial charge in [-0.15, -0.1) is 0 Å². The zero-order valence-corrected chi connectivity index (χ0v) is 12.8. The minimum atomic E-state index is 0.499. The molecule has 5 heteroatoms. The van der Waals surface area contributed by atoms with Gasteiger partial charge in [0.2, 0.25) is 0 Å². The maximum Gasteiger partial charge on any atom is 0.154 e. The lowest BCUT2D eigenvalue weighted by molar-refractivity contribution is 0.627. The van der Waals surface area contributed by atoms with Gasteiger partial charge < -0.3 is 4.42 Å². The molecule has 0 spiro atoms. The zero-order valence-electron chi connectivity index (χ0n) is 10.4. The second kappa shape index (κ2) is 4.57. The van der Waals surface area contributed by atoms with Gasteiger partial charge in [-0.1, -0.05) is 23.7 Å². The molecule has 0 aliphatic heterocycles. The third kappa shape index (κ3) is 2.13. The largest absolute Gasteiger partial charge is 0.453 e. The van der Waals surface area contributed by atoms with E-state index < -0.39 is 0 Å². The summed E-state index contributed by atoms with van der Waals surface area (Å²) in [6, 6.07) is 9.55. The van der Waals surface area contributed by atoms with E-state index in [2.05, 4.69) is 25.9 Å². The van der Waals surface area contributed by atoms with Crippen molar-refractivity contribution in [2.45, 2.75) is 18.8 Å². The predicted octanol–water partition coefficient (Wildman–Crippen LogP) is 5.18. The fourth-order valence-electron chi connectivity index (χ4n) is 2.24. The molecule has 0 bridgehead atoms. The van der Waals surface area contributed by atoms with Crippen molar-refractivity contribution in [3.63, 3.8) is 0 Å². The summed E-state index contributed by atoms with van der Waals surface area (Å²) < 4.78 is 6.64. The van der Waals surface area contributed by atoms with E-state index in [0.29, 0.717) is 16.5 Å². The predicted molar refractivity (Wildman–Crippen MR) is 81.9 cm³/mol. The highest BCUT2D eigenvalue weighted by Crippen LogP contribution is 2.39. The van der Waals surface area contributed by atoms with Gasteiger partial charge in [0.25, 0.3) is 0 Å². The lowest BCUT2D eigenvalue weighted by Crippen LogP contribution is -1.94. The van der Waals surface area contributed by atoms with Crippen LogP contribution in [0.1, 0.15) is 24.6 Å². The van der Waals surface area contributed by atoms with Gasteiger partial charge in [-0.2, -0.15) is 0 Å². The van der Waals surface area contributed by atoms with Crippen LogP contribution in [0.15, 0.2) is 39.4 Å². The number of furan rings is 1. The number of aromatic nitrogens is 2. The Hall–Kier alpha value is -1.39. The number of fused-ring (bicyclic) bond motifs is 1. The fourth-order valence-corrected chi connectivity index (χ4v) is 2.86. The van der Waals surface area contributed by atoms with Crippen molar-refractivity contribution < 1.29 is 4.42 Å². The van der Waals surface area contributed by atoms with Gasteiger partial charge in [-0.25, -0.2) is 9.97 Å². The number of nitrogens with zero attached hydrogens (tertiary/aromatic N) is 2. The van der Waals surface area contributed by atoms with Crippen LogP contribution in [0.3, 0.4) is 0 Å². The molecule has 2 aromatic heterocycles. The van der Waals surface area contributed by atoms with Crippen molar-refractivity contribution in [2.75, 3.05) is 0 Å². The molecule has 20 heavy (non-hydrogen) atoms. The van der Waals surface area contributed by atoms with Gasteiger partial charge in [-0.05, 0) is 40.9 Å². The molecule has 0 atom stereocenters.